The molecule has 0 saturated carbocycles. The number of aliphatic hydroxyl groups excluding tert-OH is 1. The van der Waals surface area contributed by atoms with Gasteiger partial charge in [0, 0.05) is 17.7 Å². The molecule has 0 bridgehead atoms. The fourth-order valence-electron chi connectivity index (χ4n) is 0.861. The van der Waals surface area contributed by atoms with Crippen LogP contribution in [0.2, 0.25) is 0 Å². The van der Waals surface area contributed by atoms with E-state index in [0.717, 1.165) is 6.08 Å². The number of aliphatic hydroxyl groups is 1. The maximum Gasteiger partial charge on any atom is 0.269 e. The fraction of sp³-hybridized carbons (Fsp3) is 0.143. The van der Waals surface area contributed by atoms with Crippen molar-refractivity contribution in [2.24, 2.45) is 0 Å². The normalized spacial score (nSPS) is 25.4. The van der Waals surface area contributed by atoms with Gasteiger partial charge in [-0.3, -0.25) is 10.1 Å². The molecule has 0 aromatic carbocycles. The molecule has 1 atom stereocenters. The van der Waals surface area contributed by atoms with Crippen molar-refractivity contribution in [3.05, 3.63) is 44.8 Å². The smallest absolute Gasteiger partial charge is 0.269 e. The van der Waals surface area contributed by atoms with Crippen molar-refractivity contribution in [1.82, 2.24) is 0 Å². The summed E-state index contributed by atoms with van der Waals surface area (Å²) in [5.41, 5.74) is -0.0170. The minimum absolute atomic E-state index is 0.137. The summed E-state index contributed by atoms with van der Waals surface area (Å²) in [6.45, 7) is 0. The average molecular weight is 222 g/mol. The van der Waals surface area contributed by atoms with Crippen molar-refractivity contribution in [2.75, 3.05) is 0 Å². The summed E-state index contributed by atoms with van der Waals surface area (Å²) in [7, 11) is 0. The molecule has 1 rings (SSSR count). The monoisotopic (exact) mass is 221 g/mol. The summed E-state index contributed by atoms with van der Waals surface area (Å²) in [4.78, 5) is 9.74. The third-order valence-electron chi connectivity index (χ3n) is 1.49. The fourth-order valence-corrected chi connectivity index (χ4v) is 1.33. The van der Waals surface area contributed by atoms with Gasteiger partial charge in [0.15, 0.2) is 5.22 Å². The zero-order chi connectivity index (χ0) is 10.0. The van der Waals surface area contributed by atoms with Gasteiger partial charge in [0.25, 0.3) is 5.70 Å². The van der Waals surface area contributed by atoms with Gasteiger partial charge in [0.2, 0.25) is 0 Å². The predicted molar refractivity (Wildman–Crippen MR) is 49.4 cm³/mol. The van der Waals surface area contributed by atoms with Gasteiger partial charge < -0.3 is 5.11 Å². The highest BCUT2D eigenvalue weighted by Crippen LogP contribution is 2.24. The van der Waals surface area contributed by atoms with Crippen LogP contribution >= 0.6 is 23.2 Å². The summed E-state index contributed by atoms with van der Waals surface area (Å²) in [6.07, 6.45) is 3.79. The molecule has 1 unspecified atom stereocenters. The summed E-state index contributed by atoms with van der Waals surface area (Å²) in [5, 5.41) is 18.1. The SMILES string of the molecule is O=[N+]([O-])C1=C/C(=C(/O)Cl)C(Cl)C=C1. The number of nitro groups is 1. The number of nitrogens with zero attached hydrogens (tertiary/aromatic N) is 1. The molecule has 1 aliphatic carbocycles. The van der Waals surface area contributed by atoms with Gasteiger partial charge in [-0.25, -0.2) is 0 Å². The first-order chi connectivity index (χ1) is 6.02. The van der Waals surface area contributed by atoms with E-state index in [9.17, 15) is 10.1 Å². The van der Waals surface area contributed by atoms with Crippen LogP contribution in [-0.4, -0.2) is 15.4 Å². The van der Waals surface area contributed by atoms with Crippen LogP contribution in [0, 0.1) is 10.1 Å². The van der Waals surface area contributed by atoms with Gasteiger partial charge in [0.1, 0.15) is 0 Å². The molecule has 0 spiro atoms. The molecule has 0 saturated heterocycles. The molecule has 0 radical (unpaired) electrons. The van der Waals surface area contributed by atoms with E-state index in [1.807, 2.05) is 0 Å². The van der Waals surface area contributed by atoms with Gasteiger partial charge in [0.05, 0.1) is 10.3 Å². The predicted octanol–water partition coefficient (Wildman–Crippen LogP) is 2.33. The van der Waals surface area contributed by atoms with E-state index < -0.39 is 15.5 Å². The first-order valence-corrected chi connectivity index (χ1v) is 4.11. The molecule has 0 aromatic heterocycles. The molecule has 0 heterocycles. The molecule has 13 heavy (non-hydrogen) atoms. The quantitative estimate of drug-likeness (QED) is 0.320. The summed E-state index contributed by atoms with van der Waals surface area (Å²) in [5.74, 6) is 0. The van der Waals surface area contributed by atoms with Crippen LogP contribution in [0.1, 0.15) is 0 Å². The van der Waals surface area contributed by atoms with Crippen molar-refractivity contribution in [2.45, 2.75) is 5.38 Å². The van der Waals surface area contributed by atoms with Gasteiger partial charge >= 0.3 is 0 Å². The molecular formula is C7H5Cl2NO3. The van der Waals surface area contributed by atoms with E-state index in [2.05, 4.69) is 0 Å². The lowest BCUT2D eigenvalue weighted by molar-refractivity contribution is -0.419. The van der Waals surface area contributed by atoms with Gasteiger partial charge in [-0.1, -0.05) is 6.08 Å². The summed E-state index contributed by atoms with van der Waals surface area (Å²) >= 11 is 11.0. The van der Waals surface area contributed by atoms with Crippen LogP contribution in [0.3, 0.4) is 0 Å². The Bertz CT molecular complexity index is 329. The number of hydrogen-bond acceptors (Lipinski definition) is 3. The Balaban J connectivity index is 3.08. The third kappa shape index (κ3) is 2.23. The highest BCUT2D eigenvalue weighted by atomic mass is 35.5. The Hall–Kier alpha value is -1.00. The maximum atomic E-state index is 10.3. The number of rotatable bonds is 1. The van der Waals surface area contributed by atoms with Crippen molar-refractivity contribution in [3.63, 3.8) is 0 Å². The molecule has 4 nitrogen and oxygen atoms in total. The lowest BCUT2D eigenvalue weighted by Crippen LogP contribution is -2.08. The maximum absolute atomic E-state index is 10.3. The van der Waals surface area contributed by atoms with E-state index in [1.165, 1.54) is 12.2 Å². The lowest BCUT2D eigenvalue weighted by Gasteiger charge is -2.09. The van der Waals surface area contributed by atoms with E-state index in [-0.39, 0.29) is 11.3 Å². The van der Waals surface area contributed by atoms with E-state index in [4.69, 9.17) is 28.3 Å². The van der Waals surface area contributed by atoms with Crippen LogP contribution in [0.4, 0.5) is 0 Å². The van der Waals surface area contributed by atoms with Crippen molar-refractivity contribution in [1.29, 1.82) is 0 Å². The van der Waals surface area contributed by atoms with E-state index in [0.29, 0.717) is 0 Å². The second kappa shape index (κ2) is 3.81. The number of hydrogen-bond donors (Lipinski definition) is 1. The number of halogens is 2. The molecule has 1 N–H and O–H groups in total. The minimum Gasteiger partial charge on any atom is -0.498 e. The molecule has 0 aromatic rings. The van der Waals surface area contributed by atoms with Crippen LogP contribution in [0.25, 0.3) is 0 Å². The summed E-state index contributed by atoms with van der Waals surface area (Å²) in [6, 6.07) is 0. The zero-order valence-electron chi connectivity index (χ0n) is 6.28. The minimum atomic E-state index is -0.624. The Morgan fingerprint density at radius 3 is 2.77 bits per heavy atom. The molecule has 6 heteroatoms. The largest absolute Gasteiger partial charge is 0.498 e. The second-order valence-electron chi connectivity index (χ2n) is 2.33. The van der Waals surface area contributed by atoms with E-state index in [1.54, 1.807) is 0 Å². The number of allylic oxidation sites excluding steroid dienone is 4. The Morgan fingerprint density at radius 2 is 2.31 bits per heavy atom. The van der Waals surface area contributed by atoms with Gasteiger partial charge in [-0.05, 0) is 11.6 Å². The topological polar surface area (TPSA) is 63.4 Å². The van der Waals surface area contributed by atoms with E-state index >= 15 is 0 Å². The van der Waals surface area contributed by atoms with Crippen molar-refractivity contribution >= 4 is 23.2 Å². The van der Waals surface area contributed by atoms with Crippen LogP contribution < -0.4 is 0 Å². The average Bonchev–Trinajstić information content (AvgIpc) is 2.04. The molecule has 1 aliphatic rings. The van der Waals surface area contributed by atoms with Crippen LogP contribution in [0.5, 0.6) is 0 Å². The third-order valence-corrected chi connectivity index (χ3v) is 2.08. The first kappa shape index (κ1) is 10.1. The Morgan fingerprint density at radius 1 is 1.69 bits per heavy atom. The van der Waals surface area contributed by atoms with Crippen LogP contribution in [0.15, 0.2) is 34.7 Å². The van der Waals surface area contributed by atoms with Crippen molar-refractivity contribution < 1.29 is 10.0 Å². The second-order valence-corrected chi connectivity index (χ2v) is 3.16. The first-order valence-electron chi connectivity index (χ1n) is 3.29. The lowest BCUT2D eigenvalue weighted by atomic mass is 10.1. The molecule has 0 amide bonds. The zero-order valence-corrected chi connectivity index (χ0v) is 7.79. The molecule has 70 valence electrons. The Labute approximate surface area is 83.9 Å². The summed E-state index contributed by atoms with van der Waals surface area (Å²) < 4.78 is 0. The molecule has 0 fully saturated rings. The standard InChI is InChI=1S/C7H5Cl2NO3/c8-6-2-1-4(10(12)13)3-5(6)7(9)11/h1-3,6,11H/b7-5-. The highest BCUT2D eigenvalue weighted by molar-refractivity contribution is 6.30. The number of alkyl halides is 1. The van der Waals surface area contributed by atoms with Crippen molar-refractivity contribution in [3.8, 4) is 0 Å². The van der Waals surface area contributed by atoms with Gasteiger partial charge in [-0.2, -0.15) is 0 Å². The Kier molecular flexibility index (Phi) is 2.95. The highest BCUT2D eigenvalue weighted by Gasteiger charge is 2.20. The molecular weight excluding hydrogens is 217 g/mol. The van der Waals surface area contributed by atoms with Crippen LogP contribution in [-0.2, 0) is 0 Å². The van der Waals surface area contributed by atoms with Gasteiger partial charge in [-0.15, -0.1) is 11.6 Å². The molecule has 0 aliphatic heterocycles.